The molecule has 0 spiro atoms. The van der Waals surface area contributed by atoms with Gasteiger partial charge in [0.25, 0.3) is 0 Å². The van der Waals surface area contributed by atoms with Gasteiger partial charge in [-0.25, -0.2) is 4.39 Å². The molecule has 0 atom stereocenters. The molecule has 3 N–H and O–H groups in total. The van der Waals surface area contributed by atoms with Crippen molar-refractivity contribution in [2.75, 3.05) is 20.7 Å². The van der Waals surface area contributed by atoms with Crippen LogP contribution in [-0.2, 0) is 12.0 Å². The van der Waals surface area contributed by atoms with Crippen molar-refractivity contribution in [2.24, 2.45) is 4.99 Å². The molecule has 2 aromatic rings. The first-order valence-corrected chi connectivity index (χ1v) is 8.42. The van der Waals surface area contributed by atoms with Crippen LogP contribution in [0, 0.1) is 5.82 Å². The molecule has 0 heterocycles. The summed E-state index contributed by atoms with van der Waals surface area (Å²) in [7, 11) is 3.26. The Bertz CT molecular complexity index is 782. The van der Waals surface area contributed by atoms with Crippen LogP contribution < -0.4 is 15.4 Å². The largest absolute Gasteiger partial charge is 0.508 e. The van der Waals surface area contributed by atoms with Gasteiger partial charge in [-0.15, -0.1) is 24.0 Å². The number of hydrogen-bond acceptors (Lipinski definition) is 3. The average molecular weight is 487 g/mol. The molecule has 0 saturated heterocycles. The summed E-state index contributed by atoms with van der Waals surface area (Å²) in [5.74, 6) is 1.21. The van der Waals surface area contributed by atoms with Gasteiger partial charge in [0.1, 0.15) is 17.3 Å². The van der Waals surface area contributed by atoms with E-state index >= 15 is 0 Å². The quantitative estimate of drug-likeness (QED) is 0.330. The summed E-state index contributed by atoms with van der Waals surface area (Å²) in [5.41, 5.74) is 1.33. The molecule has 0 aliphatic carbocycles. The van der Waals surface area contributed by atoms with Crippen LogP contribution in [0.2, 0.25) is 0 Å². The number of guanidine groups is 1. The normalized spacial score (nSPS) is 11.5. The number of phenolic OH excluding ortho intramolecular Hbond substituents is 1. The highest BCUT2D eigenvalue weighted by molar-refractivity contribution is 14.0. The summed E-state index contributed by atoms with van der Waals surface area (Å²) in [6.07, 6.45) is 0. The Hall–Kier alpha value is -2.03. The monoisotopic (exact) mass is 487 g/mol. The molecule has 5 nitrogen and oxygen atoms in total. The van der Waals surface area contributed by atoms with Crippen LogP contribution in [0.4, 0.5) is 4.39 Å². The first kappa shape index (κ1) is 23.0. The second kappa shape index (κ2) is 10.3. The van der Waals surface area contributed by atoms with Crippen LogP contribution in [0.15, 0.2) is 47.5 Å². The Morgan fingerprint density at radius 3 is 2.56 bits per heavy atom. The van der Waals surface area contributed by atoms with Gasteiger partial charge in [0, 0.05) is 31.1 Å². The Morgan fingerprint density at radius 2 is 1.93 bits per heavy atom. The first-order chi connectivity index (χ1) is 12.4. The maximum Gasteiger partial charge on any atom is 0.191 e. The Kier molecular flexibility index (Phi) is 8.81. The predicted octanol–water partition coefficient (Wildman–Crippen LogP) is 3.80. The zero-order valence-corrected chi connectivity index (χ0v) is 18.4. The predicted molar refractivity (Wildman–Crippen MR) is 118 cm³/mol. The number of ether oxygens (including phenoxy) is 1. The number of nitrogens with zero attached hydrogens (tertiary/aromatic N) is 1. The zero-order chi connectivity index (χ0) is 19.2. The molecule has 2 aromatic carbocycles. The number of benzene rings is 2. The molecule has 148 valence electrons. The van der Waals surface area contributed by atoms with Crippen LogP contribution in [0.5, 0.6) is 11.5 Å². The van der Waals surface area contributed by atoms with E-state index in [1.165, 1.54) is 6.07 Å². The van der Waals surface area contributed by atoms with Gasteiger partial charge in [-0.1, -0.05) is 26.0 Å². The van der Waals surface area contributed by atoms with Gasteiger partial charge >= 0.3 is 0 Å². The molecule has 0 fully saturated rings. The van der Waals surface area contributed by atoms with E-state index in [1.807, 2.05) is 19.9 Å². The number of phenols is 1. The SMILES string of the molecule is CN=C(NCc1cc(OC)ccc1O)NCC(C)(C)c1cccc(F)c1.I. The maximum absolute atomic E-state index is 13.5. The molecule has 0 amide bonds. The van der Waals surface area contributed by atoms with Crippen molar-refractivity contribution in [3.63, 3.8) is 0 Å². The number of hydrogen-bond donors (Lipinski definition) is 3. The summed E-state index contributed by atoms with van der Waals surface area (Å²) in [4.78, 5) is 4.20. The van der Waals surface area contributed by atoms with Crippen molar-refractivity contribution in [3.8, 4) is 11.5 Å². The third kappa shape index (κ3) is 6.57. The smallest absolute Gasteiger partial charge is 0.191 e. The van der Waals surface area contributed by atoms with Crippen molar-refractivity contribution in [3.05, 3.63) is 59.4 Å². The summed E-state index contributed by atoms with van der Waals surface area (Å²) < 4.78 is 18.7. The summed E-state index contributed by atoms with van der Waals surface area (Å²) in [6, 6.07) is 11.7. The molecule has 0 aliphatic heterocycles. The van der Waals surface area contributed by atoms with E-state index in [1.54, 1.807) is 44.5 Å². The molecule has 0 aliphatic rings. The first-order valence-electron chi connectivity index (χ1n) is 8.42. The number of methoxy groups -OCH3 is 1. The van der Waals surface area contributed by atoms with E-state index < -0.39 is 0 Å². The lowest BCUT2D eigenvalue weighted by Gasteiger charge is -2.27. The van der Waals surface area contributed by atoms with Crippen molar-refractivity contribution in [2.45, 2.75) is 25.8 Å². The topological polar surface area (TPSA) is 65.9 Å². The van der Waals surface area contributed by atoms with E-state index in [-0.39, 0.29) is 41.0 Å². The number of nitrogens with one attached hydrogen (secondary N) is 2. The highest BCUT2D eigenvalue weighted by Crippen LogP contribution is 2.23. The molecular formula is C20H27FIN3O2. The number of aliphatic imine (C=N–C) groups is 1. The Labute approximate surface area is 177 Å². The molecule has 0 radical (unpaired) electrons. The fraction of sp³-hybridized carbons (Fsp3) is 0.350. The number of rotatable bonds is 6. The summed E-state index contributed by atoms with van der Waals surface area (Å²) in [5, 5.41) is 16.4. The highest BCUT2D eigenvalue weighted by atomic mass is 127. The summed E-state index contributed by atoms with van der Waals surface area (Å²) in [6.45, 7) is 5.04. The zero-order valence-electron chi connectivity index (χ0n) is 16.0. The van der Waals surface area contributed by atoms with Crippen LogP contribution in [0.1, 0.15) is 25.0 Å². The summed E-state index contributed by atoms with van der Waals surface area (Å²) >= 11 is 0. The van der Waals surface area contributed by atoms with Gasteiger partial charge in [-0.05, 0) is 35.9 Å². The lowest BCUT2D eigenvalue weighted by Crippen LogP contribution is -2.43. The van der Waals surface area contributed by atoms with Crippen molar-refractivity contribution in [1.82, 2.24) is 10.6 Å². The van der Waals surface area contributed by atoms with E-state index in [0.29, 0.717) is 30.4 Å². The van der Waals surface area contributed by atoms with Crippen LogP contribution in [-0.4, -0.2) is 31.8 Å². The lowest BCUT2D eigenvalue weighted by atomic mass is 9.84. The van der Waals surface area contributed by atoms with Crippen molar-refractivity contribution < 1.29 is 14.2 Å². The fourth-order valence-corrected chi connectivity index (χ4v) is 2.55. The van der Waals surface area contributed by atoms with Crippen molar-refractivity contribution >= 4 is 29.9 Å². The fourth-order valence-electron chi connectivity index (χ4n) is 2.55. The minimum atomic E-state index is -0.280. The van der Waals surface area contributed by atoms with E-state index in [0.717, 1.165) is 5.56 Å². The maximum atomic E-state index is 13.5. The molecular weight excluding hydrogens is 460 g/mol. The Balaban J connectivity index is 0.00000364. The van der Waals surface area contributed by atoms with Gasteiger partial charge in [-0.2, -0.15) is 0 Å². The van der Waals surface area contributed by atoms with E-state index in [4.69, 9.17) is 4.74 Å². The third-order valence-electron chi connectivity index (χ3n) is 4.26. The molecule has 2 rings (SSSR count). The second-order valence-electron chi connectivity index (χ2n) is 6.67. The number of aromatic hydroxyl groups is 1. The molecule has 0 unspecified atom stereocenters. The molecule has 0 bridgehead atoms. The van der Waals surface area contributed by atoms with Gasteiger partial charge in [0.15, 0.2) is 5.96 Å². The molecule has 0 aromatic heterocycles. The third-order valence-corrected chi connectivity index (χ3v) is 4.26. The van der Waals surface area contributed by atoms with E-state index in [9.17, 15) is 9.50 Å². The van der Waals surface area contributed by atoms with Gasteiger partial charge in [0.2, 0.25) is 0 Å². The van der Waals surface area contributed by atoms with Crippen molar-refractivity contribution in [1.29, 1.82) is 0 Å². The number of halogens is 2. The van der Waals surface area contributed by atoms with Gasteiger partial charge in [-0.3, -0.25) is 4.99 Å². The van der Waals surface area contributed by atoms with E-state index in [2.05, 4.69) is 15.6 Å². The lowest BCUT2D eigenvalue weighted by molar-refractivity contribution is 0.410. The van der Waals surface area contributed by atoms with Gasteiger partial charge in [0.05, 0.1) is 7.11 Å². The van der Waals surface area contributed by atoms with Crippen LogP contribution in [0.25, 0.3) is 0 Å². The minimum Gasteiger partial charge on any atom is -0.508 e. The minimum absolute atomic E-state index is 0. The second-order valence-corrected chi connectivity index (χ2v) is 6.67. The molecule has 0 saturated carbocycles. The average Bonchev–Trinajstić information content (AvgIpc) is 2.63. The molecule has 27 heavy (non-hydrogen) atoms. The Morgan fingerprint density at radius 1 is 1.19 bits per heavy atom. The van der Waals surface area contributed by atoms with Crippen LogP contribution in [0.3, 0.4) is 0 Å². The van der Waals surface area contributed by atoms with Gasteiger partial charge < -0.3 is 20.5 Å². The molecule has 7 heteroatoms. The van der Waals surface area contributed by atoms with Crippen LogP contribution >= 0.6 is 24.0 Å². The standard InChI is InChI=1S/C20H26FN3O2.HI/c1-20(2,15-6-5-7-16(21)11-15)13-24-19(22-3)23-12-14-10-17(26-4)8-9-18(14)25;/h5-11,25H,12-13H2,1-4H3,(H2,22,23,24);1H. The highest BCUT2D eigenvalue weighted by Gasteiger charge is 2.21.